The number of thioether (sulfide) groups is 2. The summed E-state index contributed by atoms with van der Waals surface area (Å²) in [5, 5.41) is 13.9. The zero-order valence-corrected chi connectivity index (χ0v) is 30.2. The number of rotatable bonds is 13. The van der Waals surface area contributed by atoms with Gasteiger partial charge in [0.2, 0.25) is 0 Å². The van der Waals surface area contributed by atoms with Gasteiger partial charge in [0.15, 0.2) is 21.3 Å². The molecular weight excluding hydrogens is 708 g/mol. The largest absolute Gasteiger partial charge is 0.263 e. The predicted molar refractivity (Wildman–Crippen MR) is 192 cm³/mol. The van der Waals surface area contributed by atoms with E-state index in [9.17, 15) is 21.2 Å². The molecule has 0 saturated heterocycles. The third-order valence-electron chi connectivity index (χ3n) is 7.23. The molecule has 17 heteroatoms. The molecule has 0 aliphatic carbocycles. The van der Waals surface area contributed by atoms with Gasteiger partial charge in [0, 0.05) is 47.6 Å². The Balaban J connectivity index is 0.000000192. The minimum absolute atomic E-state index is 0.00684. The molecule has 0 fully saturated rings. The molecule has 258 valence electrons. The van der Waals surface area contributed by atoms with Crippen molar-refractivity contribution in [1.82, 2.24) is 39.8 Å². The van der Waals surface area contributed by atoms with Gasteiger partial charge >= 0.3 is 0 Å². The van der Waals surface area contributed by atoms with E-state index < -0.39 is 20.0 Å². The van der Waals surface area contributed by atoms with Gasteiger partial charge in [-0.15, -0.1) is 11.8 Å². The molecule has 0 aliphatic rings. The van der Waals surface area contributed by atoms with Crippen LogP contribution in [0.15, 0.2) is 88.0 Å². The lowest BCUT2D eigenvalue weighted by atomic mass is 10.0. The summed E-state index contributed by atoms with van der Waals surface area (Å²) in [6.07, 6.45) is 3.13. The van der Waals surface area contributed by atoms with Crippen molar-refractivity contribution in [2.75, 3.05) is 24.6 Å². The van der Waals surface area contributed by atoms with E-state index >= 15 is 0 Å². The molecular formula is C32H35FN8O4S4. The highest BCUT2D eigenvalue weighted by atomic mass is 32.2. The Labute approximate surface area is 292 Å². The lowest BCUT2D eigenvalue weighted by Gasteiger charge is -2.11. The molecule has 6 aromatic rings. The van der Waals surface area contributed by atoms with Gasteiger partial charge in [-0.25, -0.2) is 40.6 Å². The zero-order chi connectivity index (χ0) is 35.0. The van der Waals surface area contributed by atoms with Crippen LogP contribution in [0, 0.1) is 26.6 Å². The number of aromatic amines is 2. The first-order valence-electron chi connectivity index (χ1n) is 15.0. The highest BCUT2D eigenvalue weighted by Gasteiger charge is 2.21. The van der Waals surface area contributed by atoms with Crippen molar-refractivity contribution < 1.29 is 21.2 Å². The Morgan fingerprint density at radius 1 is 0.735 bits per heavy atom. The summed E-state index contributed by atoms with van der Waals surface area (Å²) in [6.45, 7) is 6.94. The van der Waals surface area contributed by atoms with Crippen LogP contribution in [-0.4, -0.2) is 71.8 Å². The minimum atomic E-state index is -3.69. The second kappa shape index (κ2) is 16.2. The maximum absolute atomic E-state index is 12.8. The molecule has 6 rings (SSSR count). The van der Waals surface area contributed by atoms with E-state index in [1.807, 2.05) is 0 Å². The Morgan fingerprint density at radius 3 is 1.78 bits per heavy atom. The fourth-order valence-corrected chi connectivity index (χ4v) is 9.28. The lowest BCUT2D eigenvalue weighted by Crippen LogP contribution is -2.26. The van der Waals surface area contributed by atoms with Crippen molar-refractivity contribution in [2.45, 2.75) is 41.5 Å². The lowest BCUT2D eigenvalue weighted by molar-refractivity contribution is 0.579. The normalized spacial score (nSPS) is 11.9. The summed E-state index contributed by atoms with van der Waals surface area (Å²) in [5.74, 6) is 1.79. The number of hydrogen-bond donors (Lipinski definition) is 4. The summed E-state index contributed by atoms with van der Waals surface area (Å²) < 4.78 is 67.5. The number of fused-ring (bicyclic) bond motifs is 2. The van der Waals surface area contributed by atoms with Gasteiger partial charge in [0.1, 0.15) is 5.82 Å². The number of aromatic nitrogens is 6. The van der Waals surface area contributed by atoms with Crippen molar-refractivity contribution in [3.05, 3.63) is 101 Å². The van der Waals surface area contributed by atoms with Crippen LogP contribution in [0.2, 0.25) is 0 Å². The molecule has 0 amide bonds. The van der Waals surface area contributed by atoms with Crippen LogP contribution in [0.3, 0.4) is 0 Å². The van der Waals surface area contributed by atoms with Crippen molar-refractivity contribution in [2.24, 2.45) is 0 Å². The Bertz CT molecular complexity index is 2240. The molecule has 0 saturated carbocycles. The quantitative estimate of drug-likeness (QED) is 0.0902. The van der Waals surface area contributed by atoms with Crippen molar-refractivity contribution in [1.29, 1.82) is 0 Å². The van der Waals surface area contributed by atoms with Crippen LogP contribution in [0.1, 0.15) is 22.3 Å². The average molecular weight is 743 g/mol. The van der Waals surface area contributed by atoms with Gasteiger partial charge in [-0.05, 0) is 86.0 Å². The van der Waals surface area contributed by atoms with E-state index in [0.29, 0.717) is 40.1 Å². The summed E-state index contributed by atoms with van der Waals surface area (Å²) in [6, 6.07) is 17.1. The topological polar surface area (TPSA) is 175 Å². The molecule has 0 spiro atoms. The van der Waals surface area contributed by atoms with Gasteiger partial charge in [-0.1, -0.05) is 17.7 Å². The number of halogens is 1. The van der Waals surface area contributed by atoms with Gasteiger partial charge in [-0.3, -0.25) is 10.2 Å². The first kappa shape index (κ1) is 36.4. The molecule has 4 heterocycles. The third kappa shape index (κ3) is 9.43. The number of H-pyrrole nitrogens is 2. The fourth-order valence-electron chi connectivity index (χ4n) is 4.94. The van der Waals surface area contributed by atoms with E-state index in [2.05, 4.69) is 72.7 Å². The van der Waals surface area contributed by atoms with E-state index in [1.54, 1.807) is 60.6 Å². The summed E-state index contributed by atoms with van der Waals surface area (Å²) in [7, 11) is -7.32. The van der Waals surface area contributed by atoms with Crippen LogP contribution in [0.25, 0.3) is 22.1 Å². The third-order valence-corrected chi connectivity index (χ3v) is 12.1. The van der Waals surface area contributed by atoms with Gasteiger partial charge < -0.3 is 0 Å². The summed E-state index contributed by atoms with van der Waals surface area (Å²) >= 11 is 3.16. The minimum Gasteiger partial charge on any atom is -0.263 e. The first-order chi connectivity index (χ1) is 23.4. The number of nitrogens with zero attached hydrogens (tertiary/aromatic N) is 4. The van der Waals surface area contributed by atoms with Gasteiger partial charge in [0.05, 0.1) is 10.8 Å². The van der Waals surface area contributed by atoms with Crippen LogP contribution >= 0.6 is 23.5 Å². The van der Waals surface area contributed by atoms with Gasteiger partial charge in [-0.2, -0.15) is 22.0 Å². The zero-order valence-electron chi connectivity index (χ0n) is 26.9. The predicted octanol–water partition coefficient (Wildman–Crippen LogP) is 5.26. The van der Waals surface area contributed by atoms with E-state index in [4.69, 9.17) is 0 Å². The highest BCUT2D eigenvalue weighted by molar-refractivity contribution is 7.99. The van der Waals surface area contributed by atoms with E-state index in [0.717, 1.165) is 10.6 Å². The highest BCUT2D eigenvalue weighted by Crippen LogP contribution is 2.23. The summed E-state index contributed by atoms with van der Waals surface area (Å²) in [5.41, 5.74) is 5.91. The SMILES string of the molecule is Cc1cc(C)c(CSCCNS(=O)(=O)c2[nH]nc3ncccc23)c(C)c1.O=S(=O)(NCCSc1ccc(F)cc1)c1[nH]nc2ncccc12. The van der Waals surface area contributed by atoms with Crippen LogP contribution < -0.4 is 9.44 Å². The number of pyridine rings is 2. The van der Waals surface area contributed by atoms with E-state index in [-0.39, 0.29) is 22.4 Å². The van der Waals surface area contributed by atoms with Crippen molar-refractivity contribution >= 4 is 65.6 Å². The molecule has 0 bridgehead atoms. The smallest absolute Gasteiger partial charge is 0.258 e. The number of aryl methyl sites for hydroxylation is 3. The van der Waals surface area contributed by atoms with E-state index in [1.165, 1.54) is 46.1 Å². The molecule has 49 heavy (non-hydrogen) atoms. The number of nitrogens with one attached hydrogen (secondary N) is 4. The second-order valence-corrected chi connectivity index (χ2v) is 16.6. The van der Waals surface area contributed by atoms with Crippen LogP contribution in [-0.2, 0) is 25.8 Å². The monoisotopic (exact) mass is 742 g/mol. The Kier molecular flexibility index (Phi) is 12.1. The van der Waals surface area contributed by atoms with Crippen molar-refractivity contribution in [3.8, 4) is 0 Å². The van der Waals surface area contributed by atoms with Crippen LogP contribution in [0.5, 0.6) is 0 Å². The molecule has 4 aromatic heterocycles. The number of sulfonamides is 2. The molecule has 2 aromatic carbocycles. The first-order valence-corrected chi connectivity index (χ1v) is 20.2. The Hall–Kier alpha value is -3.87. The maximum atomic E-state index is 12.8. The molecule has 0 unspecified atom stereocenters. The second-order valence-electron chi connectivity index (χ2n) is 10.9. The molecule has 4 N–H and O–H groups in total. The fraction of sp³-hybridized carbons (Fsp3) is 0.250. The number of benzene rings is 2. The molecule has 12 nitrogen and oxygen atoms in total. The molecule has 0 atom stereocenters. The standard InChI is InChI=1S/C18H22N4O2S2.C14H13FN4O2S2/c1-12-9-13(2)16(14(3)10-12)11-25-8-7-20-26(23,24)18-15-5-4-6-19-17(15)21-22-18;15-10-3-5-11(6-4-10)22-9-8-17-23(20,21)14-12-2-1-7-16-13(12)18-19-14/h4-6,9-10,20H,7-8,11H2,1-3H3,(H,19,21,22);1-7,17H,8-9H2,(H,16,18,19). The summed E-state index contributed by atoms with van der Waals surface area (Å²) in [4.78, 5) is 8.91. The van der Waals surface area contributed by atoms with Gasteiger partial charge in [0.25, 0.3) is 20.0 Å². The molecule has 0 radical (unpaired) electrons. The van der Waals surface area contributed by atoms with Crippen molar-refractivity contribution in [3.63, 3.8) is 0 Å². The average Bonchev–Trinajstić information content (AvgIpc) is 3.71. The molecule has 0 aliphatic heterocycles. The Morgan fingerprint density at radius 2 is 1.24 bits per heavy atom. The maximum Gasteiger partial charge on any atom is 0.258 e. The number of hydrogen-bond acceptors (Lipinski definition) is 10. The van der Waals surface area contributed by atoms with Crippen LogP contribution in [0.4, 0.5) is 4.39 Å².